The highest BCUT2D eigenvalue weighted by molar-refractivity contribution is 6.01. The highest BCUT2D eigenvalue weighted by atomic mass is 16.5. The second-order valence-electron chi connectivity index (χ2n) is 4.36. The van der Waals surface area contributed by atoms with E-state index in [1.165, 1.54) is 0 Å². The Bertz CT molecular complexity index is 578. The minimum atomic E-state index is 0.219. The van der Waals surface area contributed by atoms with Gasteiger partial charge in [-0.05, 0) is 18.6 Å². The van der Waals surface area contributed by atoms with Gasteiger partial charge in [0.2, 0.25) is 0 Å². The lowest BCUT2D eigenvalue weighted by Gasteiger charge is -2.09. The van der Waals surface area contributed by atoms with Crippen LogP contribution in [0.25, 0.3) is 0 Å². The lowest BCUT2D eigenvalue weighted by molar-refractivity contribution is 0.0994. The monoisotopic (exact) mass is 239 g/mol. The first-order valence-corrected chi connectivity index (χ1v) is 6.01. The van der Waals surface area contributed by atoms with Crippen molar-refractivity contribution in [3.63, 3.8) is 0 Å². The van der Waals surface area contributed by atoms with Crippen LogP contribution in [0.2, 0.25) is 0 Å². The van der Waals surface area contributed by atoms with E-state index in [0.29, 0.717) is 13.0 Å². The Hall–Kier alpha value is -2.16. The summed E-state index contributed by atoms with van der Waals surface area (Å²) in [6.45, 7) is 0.485. The molecule has 0 saturated carbocycles. The summed E-state index contributed by atoms with van der Waals surface area (Å²) in [7, 11) is 0. The summed E-state index contributed by atoms with van der Waals surface area (Å²) in [5, 5.41) is 0. The predicted molar refractivity (Wildman–Crippen MR) is 67.7 cm³/mol. The second-order valence-corrected chi connectivity index (χ2v) is 4.36. The van der Waals surface area contributed by atoms with E-state index < -0.39 is 0 Å². The van der Waals surface area contributed by atoms with Gasteiger partial charge >= 0.3 is 0 Å². The number of nitrogens with zero attached hydrogens (tertiary/aromatic N) is 1. The van der Waals surface area contributed by atoms with Gasteiger partial charge in [0.05, 0.1) is 0 Å². The van der Waals surface area contributed by atoms with Crippen LogP contribution in [0.5, 0.6) is 5.75 Å². The Morgan fingerprint density at radius 2 is 2.11 bits per heavy atom. The molecule has 18 heavy (non-hydrogen) atoms. The van der Waals surface area contributed by atoms with Crippen LogP contribution in [0.3, 0.4) is 0 Å². The molecule has 1 aliphatic rings. The molecule has 90 valence electrons. The molecule has 1 aromatic heterocycles. The van der Waals surface area contributed by atoms with E-state index >= 15 is 0 Å². The first-order valence-electron chi connectivity index (χ1n) is 6.01. The number of aromatic nitrogens is 1. The molecule has 0 bridgehead atoms. The van der Waals surface area contributed by atoms with E-state index in [1.807, 2.05) is 30.3 Å². The number of ether oxygens (including phenoxy) is 1. The van der Waals surface area contributed by atoms with Gasteiger partial charge in [0.25, 0.3) is 0 Å². The van der Waals surface area contributed by atoms with E-state index in [4.69, 9.17) is 4.74 Å². The Balaban J connectivity index is 1.80. The lowest BCUT2D eigenvalue weighted by atomic mass is 10.1. The van der Waals surface area contributed by atoms with Crippen molar-refractivity contribution in [2.24, 2.45) is 0 Å². The molecule has 2 aromatic rings. The third kappa shape index (κ3) is 1.99. The van der Waals surface area contributed by atoms with Crippen LogP contribution in [0.4, 0.5) is 0 Å². The minimum absolute atomic E-state index is 0.219. The van der Waals surface area contributed by atoms with Crippen LogP contribution in [0.15, 0.2) is 42.7 Å². The third-order valence-electron chi connectivity index (χ3n) is 3.15. The molecule has 1 aromatic carbocycles. The average Bonchev–Trinajstić information content (AvgIpc) is 2.80. The average molecular weight is 239 g/mol. The summed E-state index contributed by atoms with van der Waals surface area (Å²) in [6, 6.07) is 9.54. The number of rotatable bonds is 3. The zero-order valence-electron chi connectivity index (χ0n) is 9.93. The number of Topliss-reactive ketones (excluding diaryl/α,β-unsaturated/α-hetero) is 1. The first-order chi connectivity index (χ1) is 8.84. The molecule has 3 rings (SSSR count). The van der Waals surface area contributed by atoms with Crippen molar-refractivity contribution >= 4 is 5.78 Å². The predicted octanol–water partition coefficient (Wildman–Crippen LogP) is 2.79. The summed E-state index contributed by atoms with van der Waals surface area (Å²) >= 11 is 0. The van der Waals surface area contributed by atoms with Crippen molar-refractivity contribution in [1.29, 1.82) is 0 Å². The number of carbonyl (C=O) groups excluding carboxylic acids is 1. The number of hydrogen-bond donors (Lipinski definition) is 0. The zero-order valence-corrected chi connectivity index (χ0v) is 9.93. The van der Waals surface area contributed by atoms with Crippen molar-refractivity contribution in [3.05, 3.63) is 59.4 Å². The van der Waals surface area contributed by atoms with Gasteiger partial charge in [-0.15, -0.1) is 0 Å². The Morgan fingerprint density at radius 1 is 1.17 bits per heavy atom. The molecule has 0 spiro atoms. The molecule has 0 radical (unpaired) electrons. The molecule has 0 unspecified atom stereocenters. The molecule has 1 aliphatic carbocycles. The molecule has 0 saturated heterocycles. The molecular formula is C15H13NO2. The third-order valence-corrected chi connectivity index (χ3v) is 3.15. The minimum Gasteiger partial charge on any atom is -0.489 e. The molecule has 0 atom stereocenters. The quantitative estimate of drug-likeness (QED) is 0.826. The fourth-order valence-electron chi connectivity index (χ4n) is 2.24. The van der Waals surface area contributed by atoms with E-state index in [9.17, 15) is 4.79 Å². The number of ketones is 1. The molecule has 0 aliphatic heterocycles. The number of carbonyl (C=O) groups is 1. The van der Waals surface area contributed by atoms with Gasteiger partial charge in [-0.2, -0.15) is 0 Å². The van der Waals surface area contributed by atoms with Gasteiger partial charge in [0.1, 0.15) is 12.4 Å². The van der Waals surface area contributed by atoms with Crippen molar-refractivity contribution in [1.82, 2.24) is 4.98 Å². The summed E-state index contributed by atoms with van der Waals surface area (Å²) < 4.78 is 5.79. The maximum atomic E-state index is 11.6. The molecular weight excluding hydrogens is 226 g/mol. The van der Waals surface area contributed by atoms with Crippen LogP contribution < -0.4 is 4.74 Å². The maximum absolute atomic E-state index is 11.6. The van der Waals surface area contributed by atoms with Gasteiger partial charge < -0.3 is 4.74 Å². The van der Waals surface area contributed by atoms with Crippen LogP contribution in [0, 0.1) is 0 Å². The van der Waals surface area contributed by atoms with Crippen molar-refractivity contribution in [3.8, 4) is 5.75 Å². The van der Waals surface area contributed by atoms with Crippen LogP contribution in [-0.4, -0.2) is 10.8 Å². The van der Waals surface area contributed by atoms with Crippen molar-refractivity contribution in [2.75, 3.05) is 0 Å². The Morgan fingerprint density at radius 3 is 2.94 bits per heavy atom. The molecule has 3 heteroatoms. The standard InChI is InChI=1S/C15H13NO2/c17-14-7-6-13-12(14)4-1-5-15(13)18-10-11-3-2-8-16-9-11/h1-5,8-9H,6-7,10H2. The zero-order chi connectivity index (χ0) is 12.4. The largest absolute Gasteiger partial charge is 0.489 e. The molecule has 1 heterocycles. The Kier molecular flexibility index (Phi) is 2.81. The molecule has 0 N–H and O–H groups in total. The van der Waals surface area contributed by atoms with Gasteiger partial charge in [0, 0.05) is 35.5 Å². The van der Waals surface area contributed by atoms with Gasteiger partial charge in [-0.1, -0.05) is 18.2 Å². The fourth-order valence-corrected chi connectivity index (χ4v) is 2.24. The summed E-state index contributed by atoms with van der Waals surface area (Å²) in [6.07, 6.45) is 4.91. The van der Waals surface area contributed by atoms with Crippen LogP contribution >= 0.6 is 0 Å². The summed E-state index contributed by atoms with van der Waals surface area (Å²) in [4.78, 5) is 15.7. The Labute approximate surface area is 105 Å². The molecule has 0 amide bonds. The molecule has 3 nitrogen and oxygen atoms in total. The van der Waals surface area contributed by atoms with Crippen LogP contribution in [0.1, 0.15) is 27.9 Å². The van der Waals surface area contributed by atoms with Gasteiger partial charge in [-0.3, -0.25) is 9.78 Å². The summed E-state index contributed by atoms with van der Waals surface area (Å²) in [5.41, 5.74) is 2.89. The normalized spacial score (nSPS) is 13.4. The van der Waals surface area contributed by atoms with Crippen LogP contribution in [-0.2, 0) is 13.0 Å². The second kappa shape index (κ2) is 4.61. The van der Waals surface area contributed by atoms with Crippen molar-refractivity contribution in [2.45, 2.75) is 19.4 Å². The smallest absolute Gasteiger partial charge is 0.163 e. The highest BCUT2D eigenvalue weighted by Gasteiger charge is 2.22. The SMILES string of the molecule is O=C1CCc2c(OCc3cccnc3)cccc21. The highest BCUT2D eigenvalue weighted by Crippen LogP contribution is 2.30. The summed E-state index contributed by atoms with van der Waals surface area (Å²) in [5.74, 6) is 1.04. The van der Waals surface area contributed by atoms with Gasteiger partial charge in [-0.25, -0.2) is 0 Å². The first kappa shape index (κ1) is 11.0. The number of hydrogen-bond acceptors (Lipinski definition) is 3. The number of benzene rings is 1. The maximum Gasteiger partial charge on any atom is 0.163 e. The van der Waals surface area contributed by atoms with Crippen molar-refractivity contribution < 1.29 is 9.53 Å². The lowest BCUT2D eigenvalue weighted by Crippen LogP contribution is -1.99. The van der Waals surface area contributed by atoms with Gasteiger partial charge in [0.15, 0.2) is 5.78 Å². The van der Waals surface area contributed by atoms with E-state index in [0.717, 1.165) is 28.9 Å². The van der Waals surface area contributed by atoms with E-state index in [-0.39, 0.29) is 5.78 Å². The van der Waals surface area contributed by atoms with E-state index in [2.05, 4.69) is 4.98 Å². The molecule has 0 fully saturated rings. The fraction of sp³-hybridized carbons (Fsp3) is 0.200. The topological polar surface area (TPSA) is 39.2 Å². The van der Waals surface area contributed by atoms with E-state index in [1.54, 1.807) is 12.4 Å². The number of fused-ring (bicyclic) bond motifs is 1. The number of pyridine rings is 1.